The van der Waals surface area contributed by atoms with Gasteiger partial charge in [0, 0.05) is 31.2 Å². The highest BCUT2D eigenvalue weighted by atomic mass is 16.2. The molecule has 2 aliphatic rings. The van der Waals surface area contributed by atoms with E-state index >= 15 is 0 Å². The third kappa shape index (κ3) is 3.04. The fraction of sp³-hybridized carbons (Fsp3) is 0.588. The Morgan fingerprint density at radius 3 is 2.95 bits per heavy atom. The summed E-state index contributed by atoms with van der Waals surface area (Å²) in [5.74, 6) is 0.155. The third-order valence-electron chi connectivity index (χ3n) is 4.28. The van der Waals surface area contributed by atoms with E-state index < -0.39 is 0 Å². The molecule has 1 saturated carbocycles. The van der Waals surface area contributed by atoms with Gasteiger partial charge in [0.1, 0.15) is 0 Å². The molecule has 0 saturated heterocycles. The first-order valence-corrected chi connectivity index (χ1v) is 7.79. The van der Waals surface area contributed by atoms with Gasteiger partial charge in [0.25, 0.3) is 0 Å². The fourth-order valence-electron chi connectivity index (χ4n) is 3.17. The van der Waals surface area contributed by atoms with Gasteiger partial charge < -0.3 is 10.2 Å². The molecule has 1 aliphatic carbocycles. The van der Waals surface area contributed by atoms with E-state index in [-0.39, 0.29) is 5.91 Å². The average molecular weight is 272 g/mol. The third-order valence-corrected chi connectivity index (χ3v) is 4.28. The number of nitrogens with one attached hydrogen (secondary N) is 1. The van der Waals surface area contributed by atoms with Crippen molar-refractivity contribution in [2.24, 2.45) is 0 Å². The number of amides is 1. The molecule has 1 atom stereocenters. The molecule has 0 radical (unpaired) electrons. The van der Waals surface area contributed by atoms with E-state index in [4.69, 9.17) is 0 Å². The van der Waals surface area contributed by atoms with Crippen molar-refractivity contribution >= 4 is 11.6 Å². The van der Waals surface area contributed by atoms with Crippen LogP contribution < -0.4 is 10.2 Å². The maximum Gasteiger partial charge on any atom is 0.223 e. The SMILES string of the molecule is CC(=O)N1CCCc2cc(CC(C)NC3CC3)ccc21. The van der Waals surface area contributed by atoms with Gasteiger partial charge in [-0.05, 0) is 56.2 Å². The smallest absolute Gasteiger partial charge is 0.223 e. The van der Waals surface area contributed by atoms with E-state index in [0.717, 1.165) is 37.5 Å². The molecule has 1 aromatic carbocycles. The monoisotopic (exact) mass is 272 g/mol. The zero-order valence-corrected chi connectivity index (χ0v) is 12.5. The van der Waals surface area contributed by atoms with E-state index in [1.54, 1.807) is 6.92 Å². The van der Waals surface area contributed by atoms with Crippen LogP contribution in [0.5, 0.6) is 0 Å². The van der Waals surface area contributed by atoms with Crippen LogP contribution in [0.25, 0.3) is 0 Å². The van der Waals surface area contributed by atoms with Gasteiger partial charge in [-0.1, -0.05) is 12.1 Å². The number of carbonyl (C=O) groups excluding carboxylic acids is 1. The molecule has 3 heteroatoms. The number of hydrogen-bond acceptors (Lipinski definition) is 2. The Labute approximate surface area is 121 Å². The minimum absolute atomic E-state index is 0.155. The molecular weight excluding hydrogens is 248 g/mol. The lowest BCUT2D eigenvalue weighted by Crippen LogP contribution is -2.33. The summed E-state index contributed by atoms with van der Waals surface area (Å²) in [5, 5.41) is 3.64. The highest BCUT2D eigenvalue weighted by Gasteiger charge is 2.23. The molecular formula is C17H24N2O. The summed E-state index contributed by atoms with van der Waals surface area (Å²) in [5.41, 5.74) is 3.84. The predicted molar refractivity (Wildman–Crippen MR) is 82.1 cm³/mol. The summed E-state index contributed by atoms with van der Waals surface area (Å²) in [6.45, 7) is 4.78. The maximum absolute atomic E-state index is 11.7. The second-order valence-corrected chi connectivity index (χ2v) is 6.28. The highest BCUT2D eigenvalue weighted by molar-refractivity contribution is 5.92. The lowest BCUT2D eigenvalue weighted by Gasteiger charge is -2.29. The molecule has 0 bridgehead atoms. The Morgan fingerprint density at radius 2 is 2.25 bits per heavy atom. The minimum Gasteiger partial charge on any atom is -0.312 e. The molecule has 1 heterocycles. The van der Waals surface area contributed by atoms with Gasteiger partial charge >= 0.3 is 0 Å². The van der Waals surface area contributed by atoms with Crippen molar-refractivity contribution in [1.29, 1.82) is 0 Å². The average Bonchev–Trinajstić information content (AvgIpc) is 3.21. The van der Waals surface area contributed by atoms with Gasteiger partial charge in [-0.25, -0.2) is 0 Å². The number of fused-ring (bicyclic) bond motifs is 1. The summed E-state index contributed by atoms with van der Waals surface area (Å²) >= 11 is 0. The van der Waals surface area contributed by atoms with Crippen LogP contribution in [0.15, 0.2) is 18.2 Å². The van der Waals surface area contributed by atoms with Crippen molar-refractivity contribution in [2.45, 2.75) is 58.0 Å². The Bertz CT molecular complexity index is 508. The molecule has 1 unspecified atom stereocenters. The quantitative estimate of drug-likeness (QED) is 0.914. The first-order valence-electron chi connectivity index (χ1n) is 7.79. The van der Waals surface area contributed by atoms with Gasteiger partial charge in [0.15, 0.2) is 0 Å². The van der Waals surface area contributed by atoms with Crippen LogP contribution in [0.4, 0.5) is 5.69 Å². The lowest BCUT2D eigenvalue weighted by atomic mass is 9.96. The van der Waals surface area contributed by atoms with Crippen LogP contribution in [0.1, 0.15) is 44.2 Å². The molecule has 108 valence electrons. The first kappa shape index (κ1) is 13.6. The zero-order chi connectivity index (χ0) is 14.1. The fourth-order valence-corrected chi connectivity index (χ4v) is 3.17. The molecule has 1 aliphatic heterocycles. The molecule has 3 nitrogen and oxygen atoms in total. The number of rotatable bonds is 4. The number of benzene rings is 1. The largest absolute Gasteiger partial charge is 0.312 e. The van der Waals surface area contributed by atoms with Crippen LogP contribution >= 0.6 is 0 Å². The maximum atomic E-state index is 11.7. The molecule has 1 fully saturated rings. The van der Waals surface area contributed by atoms with Crippen molar-refractivity contribution in [1.82, 2.24) is 5.32 Å². The number of hydrogen-bond donors (Lipinski definition) is 1. The highest BCUT2D eigenvalue weighted by Crippen LogP contribution is 2.28. The van der Waals surface area contributed by atoms with Gasteiger partial charge in [0.2, 0.25) is 5.91 Å². The van der Waals surface area contributed by atoms with Gasteiger partial charge in [-0.2, -0.15) is 0 Å². The predicted octanol–water partition coefficient (Wildman–Crippen LogP) is 2.67. The van der Waals surface area contributed by atoms with Crippen molar-refractivity contribution < 1.29 is 4.79 Å². The summed E-state index contributed by atoms with van der Waals surface area (Å²) in [6, 6.07) is 7.92. The molecule has 1 aromatic rings. The Hall–Kier alpha value is -1.35. The summed E-state index contributed by atoms with van der Waals surface area (Å²) < 4.78 is 0. The van der Waals surface area contributed by atoms with E-state index in [1.807, 2.05) is 4.90 Å². The van der Waals surface area contributed by atoms with E-state index in [9.17, 15) is 4.79 Å². The topological polar surface area (TPSA) is 32.3 Å². The summed E-state index contributed by atoms with van der Waals surface area (Å²) in [6.07, 6.45) is 5.91. The van der Waals surface area contributed by atoms with Gasteiger partial charge in [-0.3, -0.25) is 4.79 Å². The standard InChI is InChI=1S/C17H24N2O/c1-12(18-16-6-7-16)10-14-5-8-17-15(11-14)4-3-9-19(17)13(2)20/h5,8,11-12,16,18H,3-4,6-7,9-10H2,1-2H3. The minimum atomic E-state index is 0.155. The zero-order valence-electron chi connectivity index (χ0n) is 12.5. The van der Waals surface area contributed by atoms with Crippen molar-refractivity contribution in [3.63, 3.8) is 0 Å². The molecule has 0 aromatic heterocycles. The number of anilines is 1. The van der Waals surface area contributed by atoms with Crippen LogP contribution in [-0.4, -0.2) is 24.5 Å². The number of nitrogens with zero attached hydrogens (tertiary/aromatic N) is 1. The van der Waals surface area contributed by atoms with Crippen LogP contribution in [0, 0.1) is 0 Å². The Kier molecular flexibility index (Phi) is 3.79. The van der Waals surface area contributed by atoms with Crippen molar-refractivity contribution in [3.05, 3.63) is 29.3 Å². The summed E-state index contributed by atoms with van der Waals surface area (Å²) in [4.78, 5) is 13.6. The lowest BCUT2D eigenvalue weighted by molar-refractivity contribution is -0.116. The van der Waals surface area contributed by atoms with Crippen LogP contribution in [-0.2, 0) is 17.6 Å². The van der Waals surface area contributed by atoms with E-state index in [1.165, 1.54) is 24.0 Å². The second kappa shape index (κ2) is 5.57. The molecule has 0 spiro atoms. The van der Waals surface area contributed by atoms with Gasteiger partial charge in [0.05, 0.1) is 0 Å². The normalized spacial score (nSPS) is 19.6. The number of aryl methyl sites for hydroxylation is 1. The van der Waals surface area contributed by atoms with Crippen LogP contribution in [0.2, 0.25) is 0 Å². The Balaban J connectivity index is 1.72. The molecule has 1 N–H and O–H groups in total. The number of carbonyl (C=O) groups is 1. The van der Waals surface area contributed by atoms with Crippen LogP contribution in [0.3, 0.4) is 0 Å². The van der Waals surface area contributed by atoms with Crippen molar-refractivity contribution in [2.75, 3.05) is 11.4 Å². The summed E-state index contributed by atoms with van der Waals surface area (Å²) in [7, 11) is 0. The van der Waals surface area contributed by atoms with E-state index in [2.05, 4.69) is 30.4 Å². The molecule has 3 rings (SSSR count). The Morgan fingerprint density at radius 1 is 1.45 bits per heavy atom. The first-order chi connectivity index (χ1) is 9.63. The van der Waals surface area contributed by atoms with E-state index in [0.29, 0.717) is 6.04 Å². The van der Waals surface area contributed by atoms with Crippen molar-refractivity contribution in [3.8, 4) is 0 Å². The van der Waals surface area contributed by atoms with Gasteiger partial charge in [-0.15, -0.1) is 0 Å². The molecule has 1 amide bonds. The second-order valence-electron chi connectivity index (χ2n) is 6.28. The molecule has 20 heavy (non-hydrogen) atoms.